The number of allylic oxidation sites excluding steroid dienone is 1. The quantitative estimate of drug-likeness (QED) is 0.627. The van der Waals surface area contributed by atoms with Gasteiger partial charge in [-0.15, -0.1) is 0 Å². The van der Waals surface area contributed by atoms with Gasteiger partial charge in [0.25, 0.3) is 0 Å². The summed E-state index contributed by atoms with van der Waals surface area (Å²) in [5.74, 6) is 0. The Balaban J connectivity index is 2.53. The van der Waals surface area contributed by atoms with Crippen LogP contribution < -0.4 is 0 Å². The molecule has 12 heavy (non-hydrogen) atoms. The Morgan fingerprint density at radius 3 is 2.92 bits per heavy atom. The van der Waals surface area contributed by atoms with E-state index in [-0.39, 0.29) is 0 Å². The van der Waals surface area contributed by atoms with Crippen LogP contribution in [-0.4, -0.2) is 0 Å². The van der Waals surface area contributed by atoms with Gasteiger partial charge in [0.1, 0.15) is 0 Å². The van der Waals surface area contributed by atoms with Gasteiger partial charge in [0.15, 0.2) is 0 Å². The van der Waals surface area contributed by atoms with Crippen LogP contribution in [-0.2, 0) is 6.42 Å². The molecule has 1 aromatic rings. The van der Waals surface area contributed by atoms with E-state index in [0.29, 0.717) is 0 Å². The first kappa shape index (κ1) is 8.06. The first-order valence-corrected chi connectivity index (χ1v) is 5.03. The van der Waals surface area contributed by atoms with E-state index < -0.39 is 0 Å². The average Bonchev–Trinajstić information content (AvgIpc) is 2.04. The van der Waals surface area contributed by atoms with E-state index in [1.165, 1.54) is 34.0 Å². The highest BCUT2D eigenvalue weighted by atomic mass is 79.9. The molecular weight excluding hydrogens is 212 g/mol. The van der Waals surface area contributed by atoms with Crippen LogP contribution in [0.15, 0.2) is 29.3 Å². The summed E-state index contributed by atoms with van der Waals surface area (Å²) in [4.78, 5) is 0. The molecule has 1 heteroatoms. The van der Waals surface area contributed by atoms with Crippen molar-refractivity contribution in [2.24, 2.45) is 0 Å². The molecule has 0 nitrogen and oxygen atoms in total. The predicted molar refractivity (Wildman–Crippen MR) is 56.1 cm³/mol. The van der Waals surface area contributed by atoms with E-state index in [2.05, 4.69) is 40.7 Å². The highest BCUT2D eigenvalue weighted by Gasteiger charge is 2.11. The number of rotatable bonds is 0. The smallest absolute Gasteiger partial charge is 0.0178 e. The molecule has 0 atom stereocenters. The van der Waals surface area contributed by atoms with Crippen LogP contribution in [0, 0.1) is 0 Å². The van der Waals surface area contributed by atoms with Gasteiger partial charge >= 0.3 is 0 Å². The monoisotopic (exact) mass is 222 g/mol. The van der Waals surface area contributed by atoms with Gasteiger partial charge in [0.05, 0.1) is 0 Å². The molecule has 0 spiro atoms. The SMILES string of the molecule is C=C1CCCc2cc(Br)ccc21. The molecule has 0 aromatic heterocycles. The molecule has 0 bridgehead atoms. The number of aryl methyl sites for hydroxylation is 1. The van der Waals surface area contributed by atoms with Gasteiger partial charge < -0.3 is 0 Å². The lowest BCUT2D eigenvalue weighted by Gasteiger charge is -2.17. The van der Waals surface area contributed by atoms with Crippen LogP contribution >= 0.6 is 15.9 Å². The molecule has 1 aliphatic rings. The number of fused-ring (bicyclic) bond motifs is 1. The van der Waals surface area contributed by atoms with Crippen molar-refractivity contribution in [3.8, 4) is 0 Å². The maximum atomic E-state index is 4.07. The molecule has 1 aromatic carbocycles. The highest BCUT2D eigenvalue weighted by molar-refractivity contribution is 9.10. The average molecular weight is 223 g/mol. The van der Waals surface area contributed by atoms with Crippen molar-refractivity contribution >= 4 is 21.5 Å². The molecule has 0 N–H and O–H groups in total. The van der Waals surface area contributed by atoms with Gasteiger partial charge in [-0.1, -0.05) is 28.6 Å². The van der Waals surface area contributed by atoms with Crippen LogP contribution in [0.2, 0.25) is 0 Å². The molecule has 0 fully saturated rings. The van der Waals surface area contributed by atoms with E-state index in [4.69, 9.17) is 0 Å². The summed E-state index contributed by atoms with van der Waals surface area (Å²) < 4.78 is 1.18. The summed E-state index contributed by atoms with van der Waals surface area (Å²) in [6.45, 7) is 4.07. The zero-order chi connectivity index (χ0) is 8.55. The molecular formula is C11H11Br. The summed E-state index contributed by atoms with van der Waals surface area (Å²) in [6, 6.07) is 6.47. The van der Waals surface area contributed by atoms with E-state index >= 15 is 0 Å². The summed E-state index contributed by atoms with van der Waals surface area (Å²) >= 11 is 3.48. The van der Waals surface area contributed by atoms with Gasteiger partial charge in [-0.05, 0) is 48.1 Å². The van der Waals surface area contributed by atoms with Gasteiger partial charge in [0, 0.05) is 4.47 Å². The largest absolute Gasteiger partial charge is 0.0952 e. The molecule has 0 aliphatic heterocycles. The van der Waals surface area contributed by atoms with Crippen molar-refractivity contribution in [2.75, 3.05) is 0 Å². The molecule has 0 saturated heterocycles. The molecule has 2 rings (SSSR count). The Morgan fingerprint density at radius 2 is 2.08 bits per heavy atom. The van der Waals surface area contributed by atoms with Crippen LogP contribution in [0.5, 0.6) is 0 Å². The third kappa shape index (κ3) is 1.34. The minimum Gasteiger partial charge on any atom is -0.0952 e. The number of halogens is 1. The van der Waals surface area contributed by atoms with Crippen LogP contribution in [0.1, 0.15) is 24.0 Å². The predicted octanol–water partition coefficient (Wildman–Crippen LogP) is 3.80. The minimum atomic E-state index is 1.16. The van der Waals surface area contributed by atoms with Gasteiger partial charge in [0.2, 0.25) is 0 Å². The summed E-state index contributed by atoms with van der Waals surface area (Å²) in [5, 5.41) is 0. The Hall–Kier alpha value is -0.560. The Labute approximate surface area is 81.4 Å². The van der Waals surface area contributed by atoms with E-state index in [0.717, 1.165) is 6.42 Å². The second-order valence-electron chi connectivity index (χ2n) is 3.26. The first-order valence-electron chi connectivity index (χ1n) is 4.24. The van der Waals surface area contributed by atoms with Crippen molar-refractivity contribution < 1.29 is 0 Å². The Morgan fingerprint density at radius 1 is 1.25 bits per heavy atom. The normalized spacial score (nSPS) is 15.9. The first-order chi connectivity index (χ1) is 5.77. The van der Waals surface area contributed by atoms with Gasteiger partial charge in [-0.2, -0.15) is 0 Å². The van der Waals surface area contributed by atoms with E-state index in [1.54, 1.807) is 0 Å². The molecule has 0 radical (unpaired) electrons. The maximum absolute atomic E-state index is 4.07. The fourth-order valence-electron chi connectivity index (χ4n) is 1.74. The fourth-order valence-corrected chi connectivity index (χ4v) is 2.15. The highest BCUT2D eigenvalue weighted by Crippen LogP contribution is 2.30. The zero-order valence-corrected chi connectivity index (χ0v) is 8.52. The Bertz CT molecular complexity index is 326. The lowest BCUT2D eigenvalue weighted by Crippen LogP contribution is -2.00. The van der Waals surface area contributed by atoms with Crippen molar-refractivity contribution in [3.63, 3.8) is 0 Å². The van der Waals surface area contributed by atoms with Gasteiger partial charge in [-0.3, -0.25) is 0 Å². The topological polar surface area (TPSA) is 0 Å². The summed E-state index contributed by atoms with van der Waals surface area (Å²) in [6.07, 6.45) is 3.62. The second-order valence-corrected chi connectivity index (χ2v) is 4.17. The van der Waals surface area contributed by atoms with E-state index in [9.17, 15) is 0 Å². The second kappa shape index (κ2) is 3.06. The molecule has 0 amide bonds. The van der Waals surface area contributed by atoms with Crippen molar-refractivity contribution in [1.29, 1.82) is 0 Å². The van der Waals surface area contributed by atoms with E-state index in [1.807, 2.05) is 0 Å². The third-order valence-electron chi connectivity index (χ3n) is 2.37. The maximum Gasteiger partial charge on any atom is 0.0178 e. The lowest BCUT2D eigenvalue weighted by molar-refractivity contribution is 0.823. The fraction of sp³-hybridized carbons (Fsp3) is 0.273. The van der Waals surface area contributed by atoms with Crippen LogP contribution in [0.4, 0.5) is 0 Å². The number of benzene rings is 1. The van der Waals surface area contributed by atoms with Crippen molar-refractivity contribution in [1.82, 2.24) is 0 Å². The standard InChI is InChI=1S/C11H11Br/c1-8-3-2-4-9-7-10(12)5-6-11(8)9/h5-7H,1-4H2. The molecule has 0 unspecified atom stereocenters. The third-order valence-corrected chi connectivity index (χ3v) is 2.87. The minimum absolute atomic E-state index is 1.16. The van der Waals surface area contributed by atoms with Crippen molar-refractivity contribution in [3.05, 3.63) is 40.4 Å². The number of hydrogen-bond acceptors (Lipinski definition) is 0. The van der Waals surface area contributed by atoms with Gasteiger partial charge in [-0.25, -0.2) is 0 Å². The lowest BCUT2D eigenvalue weighted by atomic mass is 9.88. The number of hydrogen-bond donors (Lipinski definition) is 0. The molecule has 62 valence electrons. The molecule has 1 aliphatic carbocycles. The Kier molecular flexibility index (Phi) is 2.05. The van der Waals surface area contributed by atoms with Crippen LogP contribution in [0.3, 0.4) is 0 Å². The van der Waals surface area contributed by atoms with Crippen molar-refractivity contribution in [2.45, 2.75) is 19.3 Å². The summed E-state index contributed by atoms with van der Waals surface area (Å²) in [7, 11) is 0. The molecule has 0 saturated carbocycles. The zero-order valence-electron chi connectivity index (χ0n) is 6.94. The molecule has 0 heterocycles. The van der Waals surface area contributed by atoms with Crippen LogP contribution in [0.25, 0.3) is 5.57 Å². The summed E-state index contributed by atoms with van der Waals surface area (Å²) in [5.41, 5.74) is 4.11.